The minimum Gasteiger partial charge on any atom is -0.384 e. The Labute approximate surface area is 238 Å². The average Bonchev–Trinajstić information content (AvgIpc) is 2.94. The first-order chi connectivity index (χ1) is 19.2. The maximum atomic E-state index is 13.6. The average molecular weight is 570 g/mol. The van der Waals surface area contributed by atoms with Gasteiger partial charge in [-0.3, -0.25) is 15.0 Å². The van der Waals surface area contributed by atoms with Gasteiger partial charge in [0, 0.05) is 12.1 Å². The largest absolute Gasteiger partial charge is 0.384 e. The molecule has 6 N–H and O–H groups in total. The monoisotopic (exact) mass is 569 g/mol. The van der Waals surface area contributed by atoms with Crippen LogP contribution in [0.15, 0.2) is 54.6 Å². The van der Waals surface area contributed by atoms with E-state index in [4.69, 9.17) is 11.1 Å². The van der Waals surface area contributed by atoms with Crippen molar-refractivity contribution in [1.29, 1.82) is 5.41 Å². The van der Waals surface area contributed by atoms with Gasteiger partial charge in [0.2, 0.25) is 21.8 Å². The molecule has 2 amide bonds. The molecule has 1 aliphatic rings. The van der Waals surface area contributed by atoms with Gasteiger partial charge in [-0.2, -0.15) is 0 Å². The van der Waals surface area contributed by atoms with Gasteiger partial charge >= 0.3 is 0 Å². The highest BCUT2D eigenvalue weighted by atomic mass is 32.2. The number of rotatable bonds is 15. The lowest BCUT2D eigenvalue weighted by molar-refractivity contribution is -0.130. The molecule has 2 unspecified atom stereocenters. The third-order valence-corrected chi connectivity index (χ3v) is 8.70. The van der Waals surface area contributed by atoms with Gasteiger partial charge < -0.3 is 16.4 Å². The minimum atomic E-state index is -3.79. The molecular formula is C30H43N5O4S. The molecule has 0 radical (unpaired) electrons. The number of amides is 2. The fraction of sp³-hybridized carbons (Fsp3) is 0.500. The van der Waals surface area contributed by atoms with E-state index in [0.717, 1.165) is 50.5 Å². The molecule has 2 aromatic rings. The van der Waals surface area contributed by atoms with Crippen LogP contribution < -0.4 is 21.1 Å². The van der Waals surface area contributed by atoms with Crippen LogP contribution in [0.3, 0.4) is 0 Å². The highest BCUT2D eigenvalue weighted by Gasteiger charge is 2.31. The van der Waals surface area contributed by atoms with Crippen LogP contribution in [0.1, 0.15) is 81.4 Å². The summed E-state index contributed by atoms with van der Waals surface area (Å²) >= 11 is 0. The molecule has 0 aromatic heterocycles. The zero-order chi connectivity index (χ0) is 29.0. The smallest absolute Gasteiger partial charge is 0.242 e. The number of nitrogens with one attached hydrogen (secondary N) is 4. The Morgan fingerprint density at radius 3 is 2.25 bits per heavy atom. The number of unbranched alkanes of at least 4 members (excludes halogenated alkanes) is 1. The number of nitrogen functional groups attached to an aromatic ring is 1. The van der Waals surface area contributed by atoms with Gasteiger partial charge in [0.25, 0.3) is 0 Å². The number of hydrogen-bond donors (Lipinski definition) is 5. The molecule has 3 rings (SSSR count). The maximum Gasteiger partial charge on any atom is 0.242 e. The van der Waals surface area contributed by atoms with Gasteiger partial charge in [-0.25, -0.2) is 13.1 Å². The molecule has 0 heterocycles. The second-order valence-electron chi connectivity index (χ2n) is 10.7. The highest BCUT2D eigenvalue weighted by Crippen LogP contribution is 2.28. The first kappa shape index (κ1) is 31.3. The van der Waals surface area contributed by atoms with Gasteiger partial charge in [-0.15, -0.1) is 0 Å². The van der Waals surface area contributed by atoms with Crippen molar-refractivity contribution in [3.8, 4) is 0 Å². The van der Waals surface area contributed by atoms with Gasteiger partial charge in [0.1, 0.15) is 17.9 Å². The summed E-state index contributed by atoms with van der Waals surface area (Å²) in [4.78, 5) is 26.7. The van der Waals surface area contributed by atoms with Crippen LogP contribution in [0, 0.1) is 11.3 Å². The molecule has 1 aliphatic carbocycles. The molecule has 1 saturated carbocycles. The predicted molar refractivity (Wildman–Crippen MR) is 158 cm³/mol. The van der Waals surface area contributed by atoms with Crippen LogP contribution in [-0.4, -0.2) is 38.2 Å². The third kappa shape index (κ3) is 10.4. The van der Waals surface area contributed by atoms with Crippen molar-refractivity contribution >= 4 is 27.7 Å². The molecule has 0 spiro atoms. The molecular weight excluding hydrogens is 526 g/mol. The van der Waals surface area contributed by atoms with Gasteiger partial charge in [-0.05, 0) is 29.9 Å². The zero-order valence-corrected chi connectivity index (χ0v) is 24.1. The molecule has 1 fully saturated rings. The Bertz CT molecular complexity index is 1210. The van der Waals surface area contributed by atoms with Crippen molar-refractivity contribution in [3.05, 3.63) is 71.3 Å². The van der Waals surface area contributed by atoms with Crippen LogP contribution in [0.4, 0.5) is 0 Å². The fourth-order valence-electron chi connectivity index (χ4n) is 5.08. The molecule has 0 saturated heterocycles. The summed E-state index contributed by atoms with van der Waals surface area (Å²) in [6.45, 7) is 2.27. The molecule has 2 aromatic carbocycles. The first-order valence-corrected chi connectivity index (χ1v) is 15.9. The van der Waals surface area contributed by atoms with Crippen molar-refractivity contribution in [2.45, 2.75) is 89.1 Å². The summed E-state index contributed by atoms with van der Waals surface area (Å²) in [7, 11) is -3.79. The Hall–Kier alpha value is -3.24. The molecule has 9 nitrogen and oxygen atoms in total. The van der Waals surface area contributed by atoms with Gasteiger partial charge in [-0.1, -0.05) is 106 Å². The second-order valence-corrected chi connectivity index (χ2v) is 12.4. The van der Waals surface area contributed by atoms with E-state index in [-0.39, 0.29) is 30.0 Å². The lowest BCUT2D eigenvalue weighted by atomic mass is 9.85. The summed E-state index contributed by atoms with van der Waals surface area (Å²) in [5, 5.41) is 13.3. The van der Waals surface area contributed by atoms with E-state index in [0.29, 0.717) is 24.0 Å². The lowest BCUT2D eigenvalue weighted by Crippen LogP contribution is -2.54. The molecule has 0 bridgehead atoms. The number of benzene rings is 2. The van der Waals surface area contributed by atoms with Crippen molar-refractivity contribution in [2.24, 2.45) is 11.7 Å². The summed E-state index contributed by atoms with van der Waals surface area (Å²) in [6, 6.07) is 14.2. The quantitative estimate of drug-likeness (QED) is 0.163. The zero-order valence-electron chi connectivity index (χ0n) is 23.3. The third-order valence-electron chi connectivity index (χ3n) is 7.34. The highest BCUT2D eigenvalue weighted by molar-refractivity contribution is 7.88. The van der Waals surface area contributed by atoms with E-state index in [9.17, 15) is 18.0 Å². The maximum absolute atomic E-state index is 13.6. The van der Waals surface area contributed by atoms with Crippen molar-refractivity contribution in [1.82, 2.24) is 15.4 Å². The standard InChI is InChI=1S/C30H43N5O4S/c1-2-3-14-26(29(36)33-20-23-15-17-25(18-16-23)28(31)32)34-30(37)27(19-22-10-6-4-7-11-22)35-40(38,39)21-24-12-8-5-9-13-24/h5,8-9,12-13,15-18,22,26-27,35H,2-4,6-7,10-11,14,19-21H2,1H3,(H3,31,32)(H,33,36)(H,34,37). The van der Waals surface area contributed by atoms with Crippen LogP contribution in [0.2, 0.25) is 0 Å². The first-order valence-electron chi connectivity index (χ1n) is 14.2. The normalized spacial score (nSPS) is 15.6. The molecule has 10 heteroatoms. The summed E-state index contributed by atoms with van der Waals surface area (Å²) in [6.07, 6.45) is 7.67. The van der Waals surface area contributed by atoms with E-state index in [1.165, 1.54) is 0 Å². The molecule has 218 valence electrons. The molecule has 0 aliphatic heterocycles. The van der Waals surface area contributed by atoms with Crippen LogP contribution >= 0.6 is 0 Å². The topological polar surface area (TPSA) is 154 Å². The van der Waals surface area contributed by atoms with E-state index in [2.05, 4.69) is 15.4 Å². The van der Waals surface area contributed by atoms with Crippen molar-refractivity contribution < 1.29 is 18.0 Å². The van der Waals surface area contributed by atoms with E-state index in [1.807, 2.05) is 13.0 Å². The van der Waals surface area contributed by atoms with Crippen molar-refractivity contribution in [3.63, 3.8) is 0 Å². The van der Waals surface area contributed by atoms with Gasteiger partial charge in [0.15, 0.2) is 0 Å². The van der Waals surface area contributed by atoms with E-state index in [1.54, 1.807) is 48.5 Å². The number of amidine groups is 1. The number of hydrogen-bond acceptors (Lipinski definition) is 5. The molecule has 2 atom stereocenters. The van der Waals surface area contributed by atoms with Gasteiger partial charge in [0.05, 0.1) is 5.75 Å². The number of nitrogens with two attached hydrogens (primary N) is 1. The Kier molecular flexibility index (Phi) is 12.1. The van der Waals surface area contributed by atoms with E-state index < -0.39 is 28.0 Å². The van der Waals surface area contributed by atoms with E-state index >= 15 is 0 Å². The van der Waals surface area contributed by atoms with Crippen LogP contribution in [0.5, 0.6) is 0 Å². The number of sulfonamides is 1. The summed E-state index contributed by atoms with van der Waals surface area (Å²) < 4.78 is 28.8. The number of carbonyl (C=O) groups excluding carboxylic acids is 2. The van der Waals surface area contributed by atoms with Crippen molar-refractivity contribution in [2.75, 3.05) is 0 Å². The SMILES string of the molecule is CCCCC(NC(=O)C(CC1CCCCC1)NS(=O)(=O)Cc1ccccc1)C(=O)NCc1ccc(C(=N)N)cc1. The Balaban J connectivity index is 1.69. The number of carbonyl (C=O) groups is 2. The van der Waals surface area contributed by atoms with Crippen LogP contribution in [0.25, 0.3) is 0 Å². The van der Waals surface area contributed by atoms with Crippen LogP contribution in [-0.2, 0) is 31.9 Å². The lowest BCUT2D eigenvalue weighted by Gasteiger charge is -2.28. The minimum absolute atomic E-state index is 0.0277. The summed E-state index contributed by atoms with van der Waals surface area (Å²) in [5.74, 6) is -0.778. The second kappa shape index (κ2) is 15.5. The predicted octanol–water partition coefficient (Wildman–Crippen LogP) is 3.72. The summed E-state index contributed by atoms with van der Waals surface area (Å²) in [5.41, 5.74) is 7.59. The molecule has 40 heavy (non-hydrogen) atoms. The Morgan fingerprint density at radius 2 is 1.62 bits per heavy atom. The Morgan fingerprint density at radius 1 is 0.950 bits per heavy atom. The fourth-order valence-corrected chi connectivity index (χ4v) is 6.43.